The van der Waals surface area contributed by atoms with Crippen LogP contribution in [0, 0.1) is 0 Å². The Morgan fingerprint density at radius 3 is 2.31 bits per heavy atom. The monoisotopic (exact) mass is 362 g/mol. The molecule has 3 nitrogen and oxygen atoms in total. The summed E-state index contributed by atoms with van der Waals surface area (Å²) in [6.45, 7) is 7.62. The van der Waals surface area contributed by atoms with Crippen LogP contribution in [0.2, 0.25) is 0 Å². The highest BCUT2D eigenvalue weighted by Gasteiger charge is 2.38. The van der Waals surface area contributed by atoms with Crippen molar-refractivity contribution in [3.8, 4) is 0 Å². The standard InChI is InChI=1S/C23H40NO2/c1-6-12-20(23-25-21-14-9-10-15-22(21)26-23)17-16-19(2)13-8-7-11-18-24(3,4)5/h8,12-13,21-23H,2,6-7,9-11,14-18H2,1,3-5H3/q+1. The second kappa shape index (κ2) is 10.4. The molecule has 1 aliphatic carbocycles. The van der Waals surface area contributed by atoms with Crippen LogP contribution in [0.4, 0.5) is 0 Å². The van der Waals surface area contributed by atoms with Gasteiger partial charge in [-0.25, -0.2) is 0 Å². The lowest BCUT2D eigenvalue weighted by Gasteiger charge is -2.23. The number of unbranched alkanes of at least 4 members (excludes halogenated alkanes) is 1. The van der Waals surface area contributed by atoms with Crippen LogP contribution in [0.15, 0.2) is 36.0 Å². The summed E-state index contributed by atoms with van der Waals surface area (Å²) in [5, 5.41) is 0. The molecule has 2 aliphatic rings. The van der Waals surface area contributed by atoms with E-state index in [0.29, 0.717) is 12.2 Å². The maximum atomic E-state index is 6.22. The Morgan fingerprint density at radius 2 is 1.73 bits per heavy atom. The van der Waals surface area contributed by atoms with Gasteiger partial charge in [-0.2, -0.15) is 0 Å². The van der Waals surface area contributed by atoms with Crippen LogP contribution in [0.3, 0.4) is 0 Å². The fourth-order valence-electron chi connectivity index (χ4n) is 3.80. The highest BCUT2D eigenvalue weighted by atomic mass is 16.7. The van der Waals surface area contributed by atoms with Crippen LogP contribution in [0.25, 0.3) is 0 Å². The number of nitrogens with zero attached hydrogens (tertiary/aromatic N) is 1. The number of ether oxygens (including phenoxy) is 2. The second-order valence-electron chi connectivity index (χ2n) is 8.87. The molecule has 3 heteroatoms. The van der Waals surface area contributed by atoms with Crippen LogP contribution < -0.4 is 0 Å². The summed E-state index contributed by atoms with van der Waals surface area (Å²) in [4.78, 5) is 0. The van der Waals surface area contributed by atoms with E-state index in [1.165, 1.54) is 37.0 Å². The first kappa shape index (κ1) is 21.4. The van der Waals surface area contributed by atoms with Gasteiger partial charge in [-0.1, -0.05) is 50.1 Å². The molecule has 0 radical (unpaired) electrons. The number of fused-ring (bicyclic) bond motifs is 1. The van der Waals surface area contributed by atoms with E-state index >= 15 is 0 Å². The summed E-state index contributed by atoms with van der Waals surface area (Å²) in [5.41, 5.74) is 2.51. The molecule has 2 rings (SSSR count). The average molecular weight is 363 g/mol. The molecule has 0 bridgehead atoms. The van der Waals surface area contributed by atoms with Gasteiger partial charge in [0.15, 0.2) is 6.29 Å². The van der Waals surface area contributed by atoms with Gasteiger partial charge < -0.3 is 14.0 Å². The molecule has 1 aliphatic heterocycles. The largest absolute Gasteiger partial charge is 0.343 e. The predicted octanol–water partition coefficient (Wildman–Crippen LogP) is 5.39. The Kier molecular flexibility index (Phi) is 8.59. The molecule has 2 atom stereocenters. The Hall–Kier alpha value is -0.900. The fraction of sp³-hybridized carbons (Fsp3) is 0.739. The van der Waals surface area contributed by atoms with Crippen molar-refractivity contribution in [2.75, 3.05) is 27.7 Å². The SMILES string of the molecule is C=C(C=CCCC[N+](C)(C)C)CCC(=CCC)C1OC2CCCCC2O1. The van der Waals surface area contributed by atoms with Crippen molar-refractivity contribution >= 4 is 0 Å². The highest BCUT2D eigenvalue weighted by Crippen LogP contribution is 2.35. The van der Waals surface area contributed by atoms with Crippen molar-refractivity contribution < 1.29 is 14.0 Å². The Labute approximate surface area is 161 Å². The van der Waals surface area contributed by atoms with E-state index in [9.17, 15) is 0 Å². The van der Waals surface area contributed by atoms with Gasteiger partial charge in [0.05, 0.1) is 39.9 Å². The third kappa shape index (κ3) is 7.38. The van der Waals surface area contributed by atoms with E-state index in [1.807, 2.05) is 0 Å². The Morgan fingerprint density at radius 1 is 1.08 bits per heavy atom. The maximum Gasteiger partial charge on any atom is 0.180 e. The molecule has 0 aromatic rings. The summed E-state index contributed by atoms with van der Waals surface area (Å²) in [5.74, 6) is 0. The molecule has 1 saturated carbocycles. The van der Waals surface area contributed by atoms with E-state index in [2.05, 4.69) is 52.9 Å². The zero-order chi connectivity index (χ0) is 19.0. The highest BCUT2D eigenvalue weighted by molar-refractivity contribution is 5.18. The van der Waals surface area contributed by atoms with E-state index in [-0.39, 0.29) is 6.29 Å². The van der Waals surface area contributed by atoms with Gasteiger partial charge in [0.1, 0.15) is 0 Å². The van der Waals surface area contributed by atoms with Crippen LogP contribution in [-0.2, 0) is 9.47 Å². The third-order valence-electron chi connectivity index (χ3n) is 5.30. The molecule has 26 heavy (non-hydrogen) atoms. The topological polar surface area (TPSA) is 18.5 Å². The van der Waals surface area contributed by atoms with E-state index in [4.69, 9.17) is 9.47 Å². The summed E-state index contributed by atoms with van der Waals surface area (Å²) < 4.78 is 13.5. The van der Waals surface area contributed by atoms with Gasteiger partial charge in [0.2, 0.25) is 0 Å². The molecule has 2 fully saturated rings. The molecule has 2 unspecified atom stereocenters. The molecular formula is C23H40NO2+. The molecule has 0 aromatic carbocycles. The first-order chi connectivity index (χ1) is 12.4. The van der Waals surface area contributed by atoms with Gasteiger partial charge in [-0.15, -0.1) is 0 Å². The molecule has 0 aromatic heterocycles. The summed E-state index contributed by atoms with van der Waals surface area (Å²) in [7, 11) is 6.73. The maximum absolute atomic E-state index is 6.22. The van der Waals surface area contributed by atoms with Crippen molar-refractivity contribution in [1.82, 2.24) is 0 Å². The minimum absolute atomic E-state index is 0.121. The molecule has 1 saturated heterocycles. The number of allylic oxidation sites excluding steroid dienone is 4. The van der Waals surface area contributed by atoms with Crippen LogP contribution in [0.1, 0.15) is 64.7 Å². The van der Waals surface area contributed by atoms with E-state index in [1.54, 1.807) is 0 Å². The third-order valence-corrected chi connectivity index (χ3v) is 5.30. The van der Waals surface area contributed by atoms with E-state index in [0.717, 1.165) is 43.0 Å². The smallest absolute Gasteiger partial charge is 0.180 e. The molecule has 0 spiro atoms. The summed E-state index contributed by atoms with van der Waals surface area (Å²) >= 11 is 0. The van der Waals surface area contributed by atoms with Crippen LogP contribution in [0.5, 0.6) is 0 Å². The zero-order valence-electron chi connectivity index (χ0n) is 17.5. The molecular weight excluding hydrogens is 322 g/mol. The van der Waals surface area contributed by atoms with Crippen molar-refractivity contribution in [1.29, 1.82) is 0 Å². The second-order valence-corrected chi connectivity index (χ2v) is 8.87. The van der Waals surface area contributed by atoms with Gasteiger partial charge in [-0.3, -0.25) is 0 Å². The van der Waals surface area contributed by atoms with Gasteiger partial charge in [-0.05, 0) is 50.5 Å². The molecule has 0 amide bonds. The Balaban J connectivity index is 1.74. The zero-order valence-corrected chi connectivity index (χ0v) is 17.5. The average Bonchev–Trinajstić information content (AvgIpc) is 3.01. The summed E-state index contributed by atoms with van der Waals surface area (Å²) in [6.07, 6.45) is 17.5. The lowest BCUT2D eigenvalue weighted by atomic mass is 9.95. The van der Waals surface area contributed by atoms with Crippen molar-refractivity contribution in [2.24, 2.45) is 0 Å². The van der Waals surface area contributed by atoms with Crippen LogP contribution in [-0.4, -0.2) is 50.7 Å². The quantitative estimate of drug-likeness (QED) is 0.225. The molecule has 0 N–H and O–H groups in total. The number of hydrogen-bond donors (Lipinski definition) is 0. The normalized spacial score (nSPS) is 27.1. The first-order valence-corrected chi connectivity index (χ1v) is 10.5. The first-order valence-electron chi connectivity index (χ1n) is 10.5. The minimum atomic E-state index is -0.121. The van der Waals surface area contributed by atoms with E-state index < -0.39 is 0 Å². The minimum Gasteiger partial charge on any atom is -0.343 e. The Bertz CT molecular complexity index is 487. The van der Waals surface area contributed by atoms with Gasteiger partial charge in [0.25, 0.3) is 0 Å². The molecule has 148 valence electrons. The number of hydrogen-bond acceptors (Lipinski definition) is 2. The van der Waals surface area contributed by atoms with Gasteiger partial charge in [0, 0.05) is 0 Å². The molecule has 1 heterocycles. The van der Waals surface area contributed by atoms with Gasteiger partial charge >= 0.3 is 0 Å². The predicted molar refractivity (Wildman–Crippen MR) is 110 cm³/mol. The van der Waals surface area contributed by atoms with Crippen molar-refractivity contribution in [3.05, 3.63) is 36.0 Å². The number of rotatable bonds is 10. The van der Waals surface area contributed by atoms with Crippen molar-refractivity contribution in [2.45, 2.75) is 83.2 Å². The number of quaternary nitrogens is 1. The lowest BCUT2D eigenvalue weighted by molar-refractivity contribution is -0.870. The van der Waals surface area contributed by atoms with Crippen molar-refractivity contribution in [3.63, 3.8) is 0 Å². The van der Waals surface area contributed by atoms with Crippen LogP contribution >= 0.6 is 0 Å². The lowest BCUT2D eigenvalue weighted by Crippen LogP contribution is -2.35. The summed E-state index contributed by atoms with van der Waals surface area (Å²) in [6, 6.07) is 0. The fourth-order valence-corrected chi connectivity index (χ4v) is 3.80.